The number of anilines is 1. The van der Waals surface area contributed by atoms with E-state index in [1.165, 1.54) is 0 Å². The van der Waals surface area contributed by atoms with Gasteiger partial charge in [0.2, 0.25) is 5.91 Å². The standard InChI is InChI=1S/C29H42ClN5O2/c1-6-34-19-25(28(31-34)22-8-9-22)29(37)33-15-14-32(21(4)5)12-7-13-35(27(36)16-20(2)3)26-17-24(30)11-10-23(26)18-33/h10-11,17,19-22H,6-9,12-16,18H2,1-5H3. The lowest BCUT2D eigenvalue weighted by atomic mass is 10.1. The van der Waals surface area contributed by atoms with Gasteiger partial charge in [0.25, 0.3) is 5.91 Å². The van der Waals surface area contributed by atoms with Crippen molar-refractivity contribution in [1.82, 2.24) is 19.6 Å². The van der Waals surface area contributed by atoms with E-state index >= 15 is 0 Å². The lowest BCUT2D eigenvalue weighted by Crippen LogP contribution is -2.41. The Balaban J connectivity index is 1.74. The first-order chi connectivity index (χ1) is 17.7. The molecule has 1 saturated carbocycles. The molecule has 8 heteroatoms. The number of benzene rings is 1. The highest BCUT2D eigenvalue weighted by molar-refractivity contribution is 6.31. The van der Waals surface area contributed by atoms with Crippen LogP contribution in [-0.2, 0) is 17.9 Å². The molecule has 202 valence electrons. The van der Waals surface area contributed by atoms with Crippen molar-refractivity contribution in [3.8, 4) is 0 Å². The third kappa shape index (κ3) is 6.74. The summed E-state index contributed by atoms with van der Waals surface area (Å²) in [6.07, 6.45) is 5.44. The van der Waals surface area contributed by atoms with Crippen LogP contribution in [0.2, 0.25) is 5.02 Å². The van der Waals surface area contributed by atoms with E-state index in [-0.39, 0.29) is 17.7 Å². The Kier molecular flexibility index (Phi) is 8.96. The zero-order valence-corrected chi connectivity index (χ0v) is 23.8. The number of carbonyl (C=O) groups is 2. The lowest BCUT2D eigenvalue weighted by Gasteiger charge is -2.30. The molecule has 1 aromatic heterocycles. The van der Waals surface area contributed by atoms with Gasteiger partial charge in [0.1, 0.15) is 0 Å². The molecule has 1 aromatic carbocycles. The molecule has 4 rings (SSSR count). The van der Waals surface area contributed by atoms with Crippen molar-refractivity contribution in [2.45, 2.75) is 85.4 Å². The number of nitrogens with zero attached hydrogens (tertiary/aromatic N) is 5. The van der Waals surface area contributed by atoms with E-state index in [9.17, 15) is 9.59 Å². The Hall–Kier alpha value is -2.38. The number of fused-ring (bicyclic) bond motifs is 1. The van der Waals surface area contributed by atoms with Gasteiger partial charge in [-0.3, -0.25) is 19.2 Å². The zero-order chi connectivity index (χ0) is 26.7. The molecular weight excluding hydrogens is 486 g/mol. The van der Waals surface area contributed by atoms with Crippen LogP contribution < -0.4 is 4.90 Å². The van der Waals surface area contributed by atoms with Gasteiger partial charge < -0.3 is 9.80 Å². The van der Waals surface area contributed by atoms with Gasteiger partial charge in [-0.2, -0.15) is 5.10 Å². The minimum Gasteiger partial charge on any atom is -0.333 e. The molecule has 0 N–H and O–H groups in total. The zero-order valence-electron chi connectivity index (χ0n) is 23.0. The van der Waals surface area contributed by atoms with Crippen molar-refractivity contribution in [2.75, 3.05) is 31.1 Å². The number of carbonyl (C=O) groups excluding carboxylic acids is 2. The summed E-state index contributed by atoms with van der Waals surface area (Å²) in [6, 6.07) is 6.07. The maximum absolute atomic E-state index is 14.1. The van der Waals surface area contributed by atoms with Crippen LogP contribution in [0.5, 0.6) is 0 Å². The van der Waals surface area contributed by atoms with Gasteiger partial charge in [-0.1, -0.05) is 31.5 Å². The number of amides is 2. The van der Waals surface area contributed by atoms with E-state index in [0.717, 1.165) is 61.4 Å². The fourth-order valence-corrected chi connectivity index (χ4v) is 5.29. The Morgan fingerprint density at radius 2 is 1.84 bits per heavy atom. The highest BCUT2D eigenvalue weighted by atomic mass is 35.5. The van der Waals surface area contributed by atoms with Crippen molar-refractivity contribution in [2.24, 2.45) is 5.92 Å². The number of aryl methyl sites for hydroxylation is 1. The minimum atomic E-state index is 0.0190. The van der Waals surface area contributed by atoms with Crippen molar-refractivity contribution in [1.29, 1.82) is 0 Å². The van der Waals surface area contributed by atoms with Gasteiger partial charge in [-0.15, -0.1) is 0 Å². The molecule has 2 aromatic rings. The van der Waals surface area contributed by atoms with Crippen LogP contribution in [0.1, 0.15) is 87.8 Å². The van der Waals surface area contributed by atoms with Gasteiger partial charge in [0.15, 0.2) is 0 Å². The van der Waals surface area contributed by atoms with Crippen LogP contribution in [0.4, 0.5) is 5.69 Å². The fraction of sp³-hybridized carbons (Fsp3) is 0.621. The van der Waals surface area contributed by atoms with Crippen LogP contribution in [-0.4, -0.2) is 63.6 Å². The molecule has 0 spiro atoms. The molecule has 2 heterocycles. The monoisotopic (exact) mass is 527 g/mol. The van der Waals surface area contributed by atoms with E-state index in [1.54, 1.807) is 0 Å². The van der Waals surface area contributed by atoms with E-state index in [4.69, 9.17) is 16.7 Å². The number of hydrogen-bond donors (Lipinski definition) is 0. The fourth-order valence-electron chi connectivity index (χ4n) is 5.12. The summed E-state index contributed by atoms with van der Waals surface area (Å²) in [5.41, 5.74) is 3.43. The first-order valence-electron chi connectivity index (χ1n) is 13.9. The average Bonchev–Trinajstić information content (AvgIpc) is 3.60. The molecule has 0 atom stereocenters. The minimum absolute atomic E-state index is 0.0190. The van der Waals surface area contributed by atoms with Crippen LogP contribution in [0.15, 0.2) is 24.4 Å². The van der Waals surface area contributed by atoms with Crippen molar-refractivity contribution >= 4 is 29.1 Å². The highest BCUT2D eigenvalue weighted by Gasteiger charge is 2.33. The smallest absolute Gasteiger partial charge is 0.257 e. The van der Waals surface area contributed by atoms with E-state index in [0.29, 0.717) is 43.0 Å². The molecule has 0 unspecified atom stereocenters. The maximum Gasteiger partial charge on any atom is 0.257 e. The Labute approximate surface area is 226 Å². The topological polar surface area (TPSA) is 61.7 Å². The Morgan fingerprint density at radius 1 is 1.08 bits per heavy atom. The summed E-state index contributed by atoms with van der Waals surface area (Å²) in [4.78, 5) is 33.8. The molecule has 1 aliphatic carbocycles. The van der Waals surface area contributed by atoms with Gasteiger partial charge in [-0.25, -0.2) is 0 Å². The summed E-state index contributed by atoms with van der Waals surface area (Å²) in [6.45, 7) is 14.6. The number of aromatic nitrogens is 2. The average molecular weight is 528 g/mol. The molecule has 2 aliphatic rings. The SMILES string of the molecule is CCn1cc(C(=O)N2CCN(C(C)C)CCCN(C(=O)CC(C)C)c3cc(Cl)ccc3C2)c(C2CC2)n1. The molecule has 2 amide bonds. The summed E-state index contributed by atoms with van der Waals surface area (Å²) in [5.74, 6) is 0.769. The highest BCUT2D eigenvalue weighted by Crippen LogP contribution is 2.41. The molecule has 1 fully saturated rings. The van der Waals surface area contributed by atoms with Gasteiger partial charge in [0, 0.05) is 68.9 Å². The molecule has 0 bridgehead atoms. The molecular formula is C29H42ClN5O2. The van der Waals surface area contributed by atoms with Crippen molar-refractivity contribution in [3.63, 3.8) is 0 Å². The Bertz CT molecular complexity index is 1110. The summed E-state index contributed by atoms with van der Waals surface area (Å²) >= 11 is 6.45. The molecule has 0 saturated heterocycles. The summed E-state index contributed by atoms with van der Waals surface area (Å²) in [5, 5.41) is 5.34. The van der Waals surface area contributed by atoms with Crippen LogP contribution in [0.3, 0.4) is 0 Å². The van der Waals surface area contributed by atoms with E-state index in [1.807, 2.05) is 38.9 Å². The van der Waals surface area contributed by atoms with E-state index in [2.05, 4.69) is 39.5 Å². The molecule has 1 aliphatic heterocycles. The van der Waals surface area contributed by atoms with Crippen molar-refractivity contribution < 1.29 is 9.59 Å². The quantitative estimate of drug-likeness (QED) is 0.492. The van der Waals surface area contributed by atoms with Crippen LogP contribution >= 0.6 is 11.6 Å². The summed E-state index contributed by atoms with van der Waals surface area (Å²) < 4.78 is 1.88. The number of halogens is 1. The van der Waals surface area contributed by atoms with Crippen molar-refractivity contribution in [3.05, 3.63) is 46.2 Å². The Morgan fingerprint density at radius 3 is 2.49 bits per heavy atom. The van der Waals surface area contributed by atoms with Gasteiger partial charge in [0.05, 0.1) is 16.9 Å². The number of hydrogen-bond acceptors (Lipinski definition) is 4. The molecule has 37 heavy (non-hydrogen) atoms. The van der Waals surface area contributed by atoms with Crippen LogP contribution in [0, 0.1) is 5.92 Å². The number of rotatable bonds is 6. The first-order valence-corrected chi connectivity index (χ1v) is 14.2. The second-order valence-electron chi connectivity index (χ2n) is 11.2. The van der Waals surface area contributed by atoms with Gasteiger partial charge in [-0.05, 0) is 63.6 Å². The largest absolute Gasteiger partial charge is 0.333 e. The predicted molar refractivity (Wildman–Crippen MR) is 149 cm³/mol. The first kappa shape index (κ1) is 27.6. The third-order valence-electron chi connectivity index (χ3n) is 7.39. The normalized spacial score (nSPS) is 17.7. The molecule has 0 radical (unpaired) electrons. The second-order valence-corrected chi connectivity index (χ2v) is 11.6. The third-order valence-corrected chi connectivity index (χ3v) is 7.63. The second kappa shape index (κ2) is 12.0. The maximum atomic E-state index is 14.1. The van der Waals surface area contributed by atoms with E-state index < -0.39 is 0 Å². The summed E-state index contributed by atoms with van der Waals surface area (Å²) in [7, 11) is 0. The predicted octanol–water partition coefficient (Wildman–Crippen LogP) is 5.57. The molecule has 7 nitrogen and oxygen atoms in total. The lowest BCUT2D eigenvalue weighted by molar-refractivity contribution is -0.119. The van der Waals surface area contributed by atoms with Gasteiger partial charge >= 0.3 is 0 Å². The van der Waals surface area contributed by atoms with Crippen LogP contribution in [0.25, 0.3) is 0 Å².